The number of rotatable bonds is 2. The molecule has 0 spiro atoms. The van der Waals surface area contributed by atoms with Gasteiger partial charge in [-0.25, -0.2) is 0 Å². The molecule has 1 nitrogen and oxygen atoms in total. The molecule has 1 aliphatic heterocycles. The summed E-state index contributed by atoms with van der Waals surface area (Å²) in [6, 6.07) is 6.47. The quantitative estimate of drug-likeness (QED) is 0.699. The van der Waals surface area contributed by atoms with Gasteiger partial charge in [-0.15, -0.1) is 0 Å². The van der Waals surface area contributed by atoms with Crippen LogP contribution in [-0.2, 0) is 0 Å². The van der Waals surface area contributed by atoms with E-state index in [1.165, 1.54) is 27.8 Å². The lowest BCUT2D eigenvalue weighted by Crippen LogP contribution is -1.94. The molecule has 0 aromatic heterocycles. The van der Waals surface area contributed by atoms with Crippen molar-refractivity contribution >= 4 is 11.8 Å². The highest BCUT2D eigenvalue weighted by Gasteiger charge is 2.11. The van der Waals surface area contributed by atoms with E-state index < -0.39 is 0 Å². The minimum Gasteiger partial charge on any atom is -0.268 e. The van der Waals surface area contributed by atoms with Gasteiger partial charge in [0.1, 0.15) is 0 Å². The fourth-order valence-corrected chi connectivity index (χ4v) is 2.08. The van der Waals surface area contributed by atoms with Crippen molar-refractivity contribution in [2.75, 3.05) is 0 Å². The van der Waals surface area contributed by atoms with Crippen LogP contribution in [0.3, 0.4) is 0 Å². The van der Waals surface area contributed by atoms with Gasteiger partial charge in [-0.1, -0.05) is 24.3 Å². The van der Waals surface area contributed by atoms with Gasteiger partial charge >= 0.3 is 0 Å². The van der Waals surface area contributed by atoms with E-state index >= 15 is 0 Å². The fraction of sp³-hybridized carbons (Fsp3) is 0.267. The molecule has 82 valence electrons. The molecule has 0 bridgehead atoms. The van der Waals surface area contributed by atoms with Crippen LogP contribution < -0.4 is 0 Å². The van der Waals surface area contributed by atoms with Crippen LogP contribution in [0.2, 0.25) is 0 Å². The van der Waals surface area contributed by atoms with Crippen LogP contribution in [0.5, 0.6) is 0 Å². The van der Waals surface area contributed by atoms with Crippen LogP contribution >= 0.6 is 0 Å². The summed E-state index contributed by atoms with van der Waals surface area (Å²) in [7, 11) is 0. The number of hydrogen-bond acceptors (Lipinski definition) is 1. The molecule has 0 radical (unpaired) electrons. The van der Waals surface area contributed by atoms with Gasteiger partial charge in [0.15, 0.2) is 0 Å². The van der Waals surface area contributed by atoms with Crippen LogP contribution in [0.1, 0.15) is 30.0 Å². The molecular formula is C15H17N. The summed E-state index contributed by atoms with van der Waals surface area (Å²) < 4.78 is 0. The number of benzene rings is 1. The number of aliphatic imine (C=N–C) groups is 1. The minimum atomic E-state index is 0.951. The molecule has 0 atom stereocenters. The molecule has 0 saturated heterocycles. The molecule has 2 rings (SSSR count). The topological polar surface area (TPSA) is 12.4 Å². The van der Waals surface area contributed by atoms with E-state index in [0.29, 0.717) is 0 Å². The molecule has 0 unspecified atom stereocenters. The number of nitrogens with zero attached hydrogens (tertiary/aromatic N) is 1. The minimum absolute atomic E-state index is 0.951. The number of allylic oxidation sites excluding steroid dienone is 3. The lowest BCUT2D eigenvalue weighted by Gasteiger charge is -2.13. The lowest BCUT2D eigenvalue weighted by atomic mass is 9.91. The highest BCUT2D eigenvalue weighted by Crippen LogP contribution is 2.30. The van der Waals surface area contributed by atoms with Crippen molar-refractivity contribution in [3.05, 3.63) is 52.7 Å². The molecule has 0 fully saturated rings. The number of hydrogen-bond donors (Lipinski definition) is 0. The first-order valence-corrected chi connectivity index (χ1v) is 5.68. The van der Waals surface area contributed by atoms with Crippen LogP contribution in [0.25, 0.3) is 5.57 Å². The summed E-state index contributed by atoms with van der Waals surface area (Å²) in [6.07, 6.45) is 7.07. The molecule has 1 aromatic carbocycles. The van der Waals surface area contributed by atoms with Crippen LogP contribution in [-0.4, -0.2) is 6.21 Å². The van der Waals surface area contributed by atoms with Gasteiger partial charge in [0, 0.05) is 18.8 Å². The summed E-state index contributed by atoms with van der Waals surface area (Å²) in [5, 5.41) is 0. The third kappa shape index (κ3) is 1.85. The van der Waals surface area contributed by atoms with Gasteiger partial charge < -0.3 is 0 Å². The molecule has 1 aromatic rings. The first kappa shape index (κ1) is 10.9. The Bertz CT molecular complexity index is 490. The molecule has 0 amide bonds. The van der Waals surface area contributed by atoms with Crippen molar-refractivity contribution in [3.8, 4) is 0 Å². The zero-order valence-electron chi connectivity index (χ0n) is 10.1. The summed E-state index contributed by atoms with van der Waals surface area (Å²) in [6.45, 7) is 6.44. The van der Waals surface area contributed by atoms with E-state index in [1.54, 1.807) is 0 Å². The summed E-state index contributed by atoms with van der Waals surface area (Å²) >= 11 is 0. The maximum absolute atomic E-state index is 4.18. The van der Waals surface area contributed by atoms with Gasteiger partial charge in [0.2, 0.25) is 0 Å². The molecule has 0 aliphatic carbocycles. The average molecular weight is 211 g/mol. The van der Waals surface area contributed by atoms with Gasteiger partial charge in [-0.3, -0.25) is 4.99 Å². The normalized spacial score (nSPS) is 15.4. The van der Waals surface area contributed by atoms with E-state index in [2.05, 4.69) is 50.0 Å². The molecule has 0 N–H and O–H groups in total. The highest BCUT2D eigenvalue weighted by atomic mass is 14.7. The smallest absolute Gasteiger partial charge is 0.0305 e. The van der Waals surface area contributed by atoms with Crippen LogP contribution in [0.4, 0.5) is 0 Å². The SMILES string of the molecule is C/C=C(/C1=CN=CC1)c1cccc(C)c1C. The molecule has 1 heteroatoms. The van der Waals surface area contributed by atoms with E-state index in [-0.39, 0.29) is 0 Å². The molecule has 16 heavy (non-hydrogen) atoms. The second-order valence-corrected chi connectivity index (χ2v) is 4.14. The third-order valence-corrected chi connectivity index (χ3v) is 3.18. The fourth-order valence-electron chi connectivity index (χ4n) is 2.08. The van der Waals surface area contributed by atoms with E-state index in [0.717, 1.165) is 6.42 Å². The van der Waals surface area contributed by atoms with Crippen LogP contribution in [0, 0.1) is 13.8 Å². The van der Waals surface area contributed by atoms with E-state index in [1.807, 2.05) is 12.4 Å². The van der Waals surface area contributed by atoms with Gasteiger partial charge in [-0.05, 0) is 48.6 Å². The number of aryl methyl sites for hydroxylation is 1. The van der Waals surface area contributed by atoms with Crippen molar-refractivity contribution in [2.45, 2.75) is 27.2 Å². The predicted octanol–water partition coefficient (Wildman–Crippen LogP) is 4.07. The molecular weight excluding hydrogens is 194 g/mol. The molecule has 1 heterocycles. The zero-order valence-corrected chi connectivity index (χ0v) is 10.1. The van der Waals surface area contributed by atoms with Crippen LogP contribution in [0.15, 0.2) is 41.0 Å². The van der Waals surface area contributed by atoms with Crippen molar-refractivity contribution in [2.24, 2.45) is 4.99 Å². The highest BCUT2D eigenvalue weighted by molar-refractivity contribution is 5.86. The Balaban J connectivity index is 2.46. The molecule has 0 saturated carbocycles. The largest absolute Gasteiger partial charge is 0.268 e. The van der Waals surface area contributed by atoms with Crippen molar-refractivity contribution in [1.82, 2.24) is 0 Å². The second-order valence-electron chi connectivity index (χ2n) is 4.14. The Morgan fingerprint density at radius 1 is 1.31 bits per heavy atom. The Labute approximate surface area is 97.2 Å². The van der Waals surface area contributed by atoms with Crippen molar-refractivity contribution < 1.29 is 0 Å². The molecule has 1 aliphatic rings. The Hall–Kier alpha value is -1.63. The van der Waals surface area contributed by atoms with Crippen molar-refractivity contribution in [3.63, 3.8) is 0 Å². The first-order valence-electron chi connectivity index (χ1n) is 5.68. The standard InChI is InChI=1S/C15H17N/c1-4-14(13-8-9-16-10-13)15-7-5-6-11(2)12(15)3/h4-7,9-10H,8H2,1-3H3/b14-4-. The summed E-state index contributed by atoms with van der Waals surface area (Å²) in [5.74, 6) is 0. The van der Waals surface area contributed by atoms with Gasteiger partial charge in [-0.2, -0.15) is 0 Å². The zero-order chi connectivity index (χ0) is 11.5. The van der Waals surface area contributed by atoms with Gasteiger partial charge in [0.05, 0.1) is 0 Å². The predicted molar refractivity (Wildman–Crippen MR) is 70.8 cm³/mol. The monoisotopic (exact) mass is 211 g/mol. The maximum atomic E-state index is 4.18. The van der Waals surface area contributed by atoms with E-state index in [9.17, 15) is 0 Å². The van der Waals surface area contributed by atoms with Gasteiger partial charge in [0.25, 0.3) is 0 Å². The Morgan fingerprint density at radius 3 is 2.75 bits per heavy atom. The Morgan fingerprint density at radius 2 is 2.12 bits per heavy atom. The van der Waals surface area contributed by atoms with Crippen molar-refractivity contribution in [1.29, 1.82) is 0 Å². The maximum Gasteiger partial charge on any atom is 0.0305 e. The second kappa shape index (κ2) is 4.48. The Kier molecular flexibility index (Phi) is 3.04. The average Bonchev–Trinajstić information content (AvgIpc) is 2.79. The summed E-state index contributed by atoms with van der Waals surface area (Å²) in [4.78, 5) is 4.18. The first-order chi connectivity index (χ1) is 7.74. The lowest BCUT2D eigenvalue weighted by molar-refractivity contribution is 1.30. The third-order valence-electron chi connectivity index (χ3n) is 3.18. The summed E-state index contributed by atoms with van der Waals surface area (Å²) in [5.41, 5.74) is 6.67. The van der Waals surface area contributed by atoms with E-state index in [4.69, 9.17) is 0 Å².